The maximum absolute atomic E-state index is 11.3. The first-order chi connectivity index (χ1) is 7.52. The number of hydrogen-bond donors (Lipinski definition) is 0. The number of carboxylic acid groups (broad SMARTS) is 1. The zero-order valence-electron chi connectivity index (χ0n) is 7.80. The summed E-state index contributed by atoms with van der Waals surface area (Å²) in [7, 11) is 0. The van der Waals surface area contributed by atoms with Crippen molar-refractivity contribution in [1.29, 1.82) is 0 Å². The Hall–Kier alpha value is -2.68. The molecular weight excluding hydrogens is 214 g/mol. The zero-order chi connectivity index (χ0) is 12.1. The molecule has 0 radical (unpaired) electrons. The molecule has 0 spiro atoms. The van der Waals surface area contributed by atoms with Gasteiger partial charge >= 0.3 is 0 Å². The number of nitrogens with zero attached hydrogens (tertiary/aromatic N) is 1. The van der Waals surface area contributed by atoms with Gasteiger partial charge < -0.3 is 9.90 Å². The summed E-state index contributed by atoms with van der Waals surface area (Å²) in [6.07, 6.45) is 0. The first-order valence-corrected chi connectivity index (χ1v) is 4.03. The largest absolute Gasteiger partial charge is 0.537 e. The van der Waals surface area contributed by atoms with E-state index >= 15 is 0 Å². The van der Waals surface area contributed by atoms with Crippen LogP contribution in [0.25, 0.3) is 0 Å². The van der Waals surface area contributed by atoms with Crippen LogP contribution >= 0.6 is 0 Å². The van der Waals surface area contributed by atoms with Crippen molar-refractivity contribution in [3.05, 3.63) is 39.9 Å². The topological polar surface area (TPSA) is 100 Å². The summed E-state index contributed by atoms with van der Waals surface area (Å²) in [6, 6.07) is 5.14. The highest BCUT2D eigenvalue weighted by molar-refractivity contribution is 6.13. The van der Waals surface area contributed by atoms with Gasteiger partial charge in [-0.25, -0.2) is 0 Å². The van der Waals surface area contributed by atoms with E-state index in [1.165, 1.54) is 24.1 Å². The van der Waals surface area contributed by atoms with Crippen molar-refractivity contribution in [3.8, 4) is 11.8 Å². The Morgan fingerprint density at radius 1 is 1.19 bits per heavy atom. The number of carbonyl (C=O) groups is 2. The Morgan fingerprint density at radius 2 is 1.81 bits per heavy atom. The van der Waals surface area contributed by atoms with Gasteiger partial charge in [-0.3, -0.25) is 14.9 Å². The van der Waals surface area contributed by atoms with E-state index in [-0.39, 0.29) is 5.56 Å². The fourth-order valence-electron chi connectivity index (χ4n) is 1.000. The fraction of sp³-hybridized carbons (Fsp3) is 0. The number of carbonyl (C=O) groups excluding carboxylic acids is 2. The molecule has 0 saturated carbocycles. The average molecular weight is 218 g/mol. The molecule has 0 fully saturated rings. The van der Waals surface area contributed by atoms with Gasteiger partial charge in [-0.05, 0) is 17.9 Å². The number of Topliss-reactive ketones (excluding diaryl/α,β-unsaturated/α-hetero) is 1. The molecule has 6 heteroatoms. The van der Waals surface area contributed by atoms with Crippen molar-refractivity contribution >= 4 is 17.4 Å². The van der Waals surface area contributed by atoms with Crippen LogP contribution in [0.1, 0.15) is 10.4 Å². The molecule has 0 aliphatic rings. The third-order valence-corrected chi connectivity index (χ3v) is 1.62. The van der Waals surface area contributed by atoms with Gasteiger partial charge in [0.15, 0.2) is 0 Å². The van der Waals surface area contributed by atoms with E-state index in [0.717, 1.165) is 6.07 Å². The number of rotatable bonds is 2. The van der Waals surface area contributed by atoms with E-state index in [1.54, 1.807) is 5.92 Å². The Bertz CT molecular complexity index is 524. The molecule has 0 atom stereocenters. The maximum Gasteiger partial charge on any atom is 0.281 e. The van der Waals surface area contributed by atoms with Crippen LogP contribution < -0.4 is 5.11 Å². The lowest BCUT2D eigenvalue weighted by atomic mass is 10.1. The molecule has 16 heavy (non-hydrogen) atoms. The van der Waals surface area contributed by atoms with Crippen molar-refractivity contribution in [3.63, 3.8) is 0 Å². The third kappa shape index (κ3) is 2.65. The van der Waals surface area contributed by atoms with Crippen LogP contribution in [0.3, 0.4) is 0 Å². The Morgan fingerprint density at radius 3 is 2.38 bits per heavy atom. The molecule has 0 aliphatic carbocycles. The quantitative estimate of drug-likeness (QED) is 0.219. The Labute approximate surface area is 89.7 Å². The number of nitro benzene ring substituents is 1. The summed E-state index contributed by atoms with van der Waals surface area (Å²) >= 11 is 0. The predicted octanol–water partition coefficient (Wildman–Crippen LogP) is -0.469. The Kier molecular flexibility index (Phi) is 3.35. The van der Waals surface area contributed by atoms with Crippen LogP contribution in [0.5, 0.6) is 0 Å². The molecule has 0 saturated heterocycles. The summed E-state index contributed by atoms with van der Waals surface area (Å²) in [5, 5.41) is 20.5. The number of nitro groups is 1. The van der Waals surface area contributed by atoms with Gasteiger partial charge in [0.1, 0.15) is 11.5 Å². The molecule has 1 aromatic rings. The Balaban J connectivity index is 3.15. The SMILES string of the molecule is O=C([O-])C#CC(=O)c1ccccc1[N+](=O)[O-]. The molecule has 80 valence electrons. The molecule has 0 aromatic heterocycles. The van der Waals surface area contributed by atoms with Gasteiger partial charge in [-0.1, -0.05) is 12.1 Å². The molecule has 0 unspecified atom stereocenters. The average Bonchev–Trinajstić information content (AvgIpc) is 2.25. The van der Waals surface area contributed by atoms with E-state index in [1.807, 2.05) is 0 Å². The van der Waals surface area contributed by atoms with Crippen molar-refractivity contribution in [2.24, 2.45) is 0 Å². The summed E-state index contributed by atoms with van der Waals surface area (Å²) in [5.41, 5.74) is -0.665. The van der Waals surface area contributed by atoms with Gasteiger partial charge in [0, 0.05) is 6.07 Å². The molecule has 6 nitrogen and oxygen atoms in total. The third-order valence-electron chi connectivity index (χ3n) is 1.62. The summed E-state index contributed by atoms with van der Waals surface area (Å²) < 4.78 is 0. The van der Waals surface area contributed by atoms with Crippen molar-refractivity contribution in [1.82, 2.24) is 0 Å². The number of hydrogen-bond acceptors (Lipinski definition) is 5. The molecule has 0 N–H and O–H groups in total. The standard InChI is InChI=1S/C10H5NO5/c12-9(5-6-10(13)14)7-3-1-2-4-8(7)11(15)16/h1-4H,(H,13,14)/p-1. The van der Waals surface area contributed by atoms with Gasteiger partial charge in [0.2, 0.25) is 5.78 Å². The van der Waals surface area contributed by atoms with Crippen LogP contribution in [0, 0.1) is 22.0 Å². The summed E-state index contributed by atoms with van der Waals surface area (Å²) in [5.74, 6) is 0.582. The molecule has 1 rings (SSSR count). The second-order valence-electron chi connectivity index (χ2n) is 2.64. The van der Waals surface area contributed by atoms with Crippen molar-refractivity contribution in [2.45, 2.75) is 0 Å². The molecular formula is C10H4NO5-. The number of carboxylic acids is 1. The number of benzene rings is 1. The first kappa shape index (κ1) is 11.4. The number of ketones is 1. The number of aliphatic carboxylic acids is 1. The smallest absolute Gasteiger partial charge is 0.281 e. The van der Waals surface area contributed by atoms with E-state index in [2.05, 4.69) is 0 Å². The van der Waals surface area contributed by atoms with Crippen LogP contribution in [-0.4, -0.2) is 16.7 Å². The predicted molar refractivity (Wildman–Crippen MR) is 50.2 cm³/mol. The van der Waals surface area contributed by atoms with Gasteiger partial charge in [-0.2, -0.15) is 0 Å². The second-order valence-corrected chi connectivity index (χ2v) is 2.64. The van der Waals surface area contributed by atoms with Crippen LogP contribution in [0.2, 0.25) is 0 Å². The molecule has 0 heterocycles. The van der Waals surface area contributed by atoms with Gasteiger partial charge in [0.25, 0.3) is 5.69 Å². The molecule has 0 amide bonds. The lowest BCUT2D eigenvalue weighted by molar-refractivity contribution is -0.385. The van der Waals surface area contributed by atoms with E-state index in [0.29, 0.717) is 0 Å². The van der Waals surface area contributed by atoms with Crippen LogP contribution in [0.4, 0.5) is 5.69 Å². The van der Waals surface area contributed by atoms with Crippen LogP contribution in [-0.2, 0) is 4.79 Å². The monoisotopic (exact) mass is 218 g/mol. The summed E-state index contributed by atoms with van der Waals surface area (Å²) in [6.45, 7) is 0. The fourth-order valence-corrected chi connectivity index (χ4v) is 1.000. The van der Waals surface area contributed by atoms with Crippen molar-refractivity contribution < 1.29 is 19.6 Å². The van der Waals surface area contributed by atoms with E-state index in [9.17, 15) is 24.8 Å². The minimum atomic E-state index is -1.72. The minimum Gasteiger partial charge on any atom is -0.537 e. The second kappa shape index (κ2) is 4.70. The van der Waals surface area contributed by atoms with Crippen LogP contribution in [0.15, 0.2) is 24.3 Å². The zero-order valence-corrected chi connectivity index (χ0v) is 7.80. The highest BCUT2D eigenvalue weighted by Gasteiger charge is 2.17. The van der Waals surface area contributed by atoms with E-state index < -0.39 is 22.4 Å². The molecule has 0 bridgehead atoms. The summed E-state index contributed by atoms with van der Waals surface area (Å²) in [4.78, 5) is 31.1. The van der Waals surface area contributed by atoms with Gasteiger partial charge in [0.05, 0.1) is 4.92 Å². The van der Waals surface area contributed by atoms with Crippen molar-refractivity contribution in [2.75, 3.05) is 0 Å². The van der Waals surface area contributed by atoms with Gasteiger partial charge in [-0.15, -0.1) is 0 Å². The minimum absolute atomic E-state index is 0.249. The highest BCUT2D eigenvalue weighted by atomic mass is 16.6. The first-order valence-electron chi connectivity index (χ1n) is 4.03. The number of para-hydroxylation sites is 1. The molecule has 0 aliphatic heterocycles. The normalized spacial score (nSPS) is 8.75. The molecule has 1 aromatic carbocycles. The van der Waals surface area contributed by atoms with E-state index in [4.69, 9.17) is 0 Å². The highest BCUT2D eigenvalue weighted by Crippen LogP contribution is 2.17. The lowest BCUT2D eigenvalue weighted by Gasteiger charge is -1.96. The lowest BCUT2D eigenvalue weighted by Crippen LogP contribution is -2.19. The maximum atomic E-state index is 11.3.